The van der Waals surface area contributed by atoms with Crippen LogP contribution in [-0.4, -0.2) is 27.8 Å². The van der Waals surface area contributed by atoms with Crippen LogP contribution in [0, 0.1) is 22.2 Å². The Labute approximate surface area is 164 Å². The average molecular weight is 387 g/mol. The van der Waals surface area contributed by atoms with Crippen molar-refractivity contribution >= 4 is 17.5 Å². The molecule has 1 N–H and O–H groups in total. The normalized spacial score (nSPS) is 22.4. The molecule has 1 heterocycles. The molecule has 7 heteroatoms. The SMILES string of the molecule is Cn1cc(C(=O)N[C@H]2C(C)(C)[C@H](Oc3ccc(C#N)c(Cl)c3)C2(C)C)cn1. The van der Waals surface area contributed by atoms with Gasteiger partial charge in [-0.15, -0.1) is 0 Å². The molecule has 1 aliphatic carbocycles. The lowest BCUT2D eigenvalue weighted by atomic mass is 9.49. The van der Waals surface area contributed by atoms with Gasteiger partial charge in [0.05, 0.1) is 22.3 Å². The van der Waals surface area contributed by atoms with Crippen molar-refractivity contribution in [1.82, 2.24) is 15.1 Å². The van der Waals surface area contributed by atoms with E-state index >= 15 is 0 Å². The smallest absolute Gasteiger partial charge is 0.254 e. The number of nitriles is 1. The molecule has 0 aliphatic heterocycles. The number of amides is 1. The summed E-state index contributed by atoms with van der Waals surface area (Å²) >= 11 is 6.12. The van der Waals surface area contributed by atoms with Crippen LogP contribution in [0.5, 0.6) is 5.75 Å². The topological polar surface area (TPSA) is 79.9 Å². The van der Waals surface area contributed by atoms with Crippen LogP contribution in [0.25, 0.3) is 0 Å². The van der Waals surface area contributed by atoms with Crippen molar-refractivity contribution in [3.8, 4) is 11.8 Å². The van der Waals surface area contributed by atoms with Crippen LogP contribution in [0.2, 0.25) is 5.02 Å². The molecule has 0 saturated heterocycles. The Bertz CT molecular complexity index is 910. The number of carbonyl (C=O) groups excluding carboxylic acids is 1. The lowest BCUT2D eigenvalue weighted by Gasteiger charge is -2.63. The third-order valence-corrected chi connectivity index (χ3v) is 5.71. The first-order valence-corrected chi connectivity index (χ1v) is 9.11. The summed E-state index contributed by atoms with van der Waals surface area (Å²) in [4.78, 5) is 12.6. The summed E-state index contributed by atoms with van der Waals surface area (Å²) in [5.41, 5.74) is 0.369. The highest BCUT2D eigenvalue weighted by Gasteiger charge is 2.64. The second kappa shape index (κ2) is 6.58. The number of benzene rings is 1. The minimum Gasteiger partial charge on any atom is -0.489 e. The quantitative estimate of drug-likeness (QED) is 0.871. The number of aromatic nitrogens is 2. The Kier molecular flexibility index (Phi) is 4.69. The molecule has 0 bridgehead atoms. The van der Waals surface area contributed by atoms with E-state index in [0.29, 0.717) is 21.9 Å². The summed E-state index contributed by atoms with van der Waals surface area (Å²) in [6.07, 6.45) is 3.12. The van der Waals surface area contributed by atoms with Crippen molar-refractivity contribution in [2.24, 2.45) is 17.9 Å². The zero-order valence-electron chi connectivity index (χ0n) is 16.1. The molecule has 1 aromatic carbocycles. The van der Waals surface area contributed by atoms with E-state index in [-0.39, 0.29) is 28.9 Å². The van der Waals surface area contributed by atoms with Crippen molar-refractivity contribution in [2.45, 2.75) is 39.8 Å². The maximum Gasteiger partial charge on any atom is 0.254 e. The maximum atomic E-state index is 12.6. The average Bonchev–Trinajstić information content (AvgIpc) is 3.03. The molecule has 1 fully saturated rings. The van der Waals surface area contributed by atoms with Gasteiger partial charge in [0, 0.05) is 36.2 Å². The molecule has 1 aliphatic rings. The van der Waals surface area contributed by atoms with E-state index in [9.17, 15) is 4.79 Å². The first-order valence-electron chi connectivity index (χ1n) is 8.73. The third-order valence-electron chi connectivity index (χ3n) is 5.40. The molecule has 0 spiro atoms. The van der Waals surface area contributed by atoms with E-state index in [1.165, 1.54) is 0 Å². The molecular weight excluding hydrogens is 364 g/mol. The first kappa shape index (κ1) is 19.2. The summed E-state index contributed by atoms with van der Waals surface area (Å²) in [7, 11) is 1.78. The minimum atomic E-state index is -0.290. The molecule has 1 aromatic heterocycles. The number of hydrogen-bond donors (Lipinski definition) is 1. The molecule has 2 aromatic rings. The molecular formula is C20H23ClN4O2. The molecule has 0 atom stereocenters. The number of halogens is 1. The van der Waals surface area contributed by atoms with Crippen molar-refractivity contribution in [3.05, 3.63) is 46.7 Å². The van der Waals surface area contributed by atoms with E-state index in [2.05, 4.69) is 38.1 Å². The summed E-state index contributed by atoms with van der Waals surface area (Å²) in [5, 5.41) is 16.6. The third kappa shape index (κ3) is 3.28. The van der Waals surface area contributed by atoms with Gasteiger partial charge in [-0.25, -0.2) is 0 Å². The lowest BCUT2D eigenvalue weighted by molar-refractivity contribution is -0.164. The van der Waals surface area contributed by atoms with Gasteiger partial charge in [-0.05, 0) is 12.1 Å². The van der Waals surface area contributed by atoms with Crippen LogP contribution in [0.15, 0.2) is 30.6 Å². The van der Waals surface area contributed by atoms with Gasteiger partial charge in [-0.1, -0.05) is 39.3 Å². The molecule has 3 rings (SSSR count). The van der Waals surface area contributed by atoms with Gasteiger partial charge in [0.25, 0.3) is 5.91 Å². The molecule has 0 radical (unpaired) electrons. The number of hydrogen-bond acceptors (Lipinski definition) is 4. The number of nitrogens with zero attached hydrogens (tertiary/aromatic N) is 3. The van der Waals surface area contributed by atoms with Gasteiger partial charge in [0.1, 0.15) is 17.9 Å². The molecule has 1 saturated carbocycles. The van der Waals surface area contributed by atoms with Crippen LogP contribution in [0.1, 0.15) is 43.6 Å². The number of rotatable bonds is 4. The molecule has 6 nitrogen and oxygen atoms in total. The number of aryl methyl sites for hydroxylation is 1. The highest BCUT2D eigenvalue weighted by atomic mass is 35.5. The van der Waals surface area contributed by atoms with Gasteiger partial charge in [-0.2, -0.15) is 10.4 Å². The van der Waals surface area contributed by atoms with Crippen LogP contribution in [-0.2, 0) is 7.05 Å². The van der Waals surface area contributed by atoms with Crippen LogP contribution in [0.3, 0.4) is 0 Å². The maximum absolute atomic E-state index is 12.6. The predicted molar refractivity (Wildman–Crippen MR) is 103 cm³/mol. The molecule has 27 heavy (non-hydrogen) atoms. The Hall–Kier alpha value is -2.52. The number of ether oxygens (including phenoxy) is 1. The van der Waals surface area contributed by atoms with E-state index < -0.39 is 0 Å². The second-order valence-corrected chi connectivity index (χ2v) is 8.61. The van der Waals surface area contributed by atoms with Gasteiger partial charge >= 0.3 is 0 Å². The fourth-order valence-corrected chi connectivity index (χ4v) is 4.56. The van der Waals surface area contributed by atoms with Crippen molar-refractivity contribution in [1.29, 1.82) is 5.26 Å². The predicted octanol–water partition coefficient (Wildman–Crippen LogP) is 3.56. The van der Waals surface area contributed by atoms with Crippen LogP contribution < -0.4 is 10.1 Å². The fourth-order valence-electron chi connectivity index (χ4n) is 4.35. The largest absolute Gasteiger partial charge is 0.489 e. The van der Waals surface area contributed by atoms with Gasteiger partial charge in [0.2, 0.25) is 0 Å². The molecule has 1 amide bonds. The van der Waals surface area contributed by atoms with E-state index in [4.69, 9.17) is 21.6 Å². The number of nitrogens with one attached hydrogen (secondary N) is 1. The Morgan fingerprint density at radius 3 is 2.52 bits per heavy atom. The highest BCUT2D eigenvalue weighted by Crippen LogP contribution is 2.55. The highest BCUT2D eigenvalue weighted by molar-refractivity contribution is 6.31. The van der Waals surface area contributed by atoms with Gasteiger partial charge in [0.15, 0.2) is 0 Å². The standard InChI is InChI=1S/C20H23ClN4O2/c1-19(2)17(24-16(26)13-10-23-25(5)11-13)20(3,4)18(19)27-14-7-6-12(9-22)15(21)8-14/h6-8,10-11,17-18H,1-5H3,(H,24,26)/t17-,18-. The van der Waals surface area contributed by atoms with Crippen molar-refractivity contribution < 1.29 is 9.53 Å². The van der Waals surface area contributed by atoms with Crippen LogP contribution >= 0.6 is 11.6 Å². The van der Waals surface area contributed by atoms with Gasteiger partial charge < -0.3 is 10.1 Å². The van der Waals surface area contributed by atoms with E-state index in [0.717, 1.165) is 0 Å². The summed E-state index contributed by atoms with van der Waals surface area (Å²) < 4.78 is 7.82. The summed E-state index contributed by atoms with van der Waals surface area (Å²) in [6, 6.07) is 7.03. The summed E-state index contributed by atoms with van der Waals surface area (Å²) in [5.74, 6) is 0.469. The zero-order valence-corrected chi connectivity index (χ0v) is 16.8. The van der Waals surface area contributed by atoms with Crippen LogP contribution in [0.4, 0.5) is 0 Å². The van der Waals surface area contributed by atoms with Crippen molar-refractivity contribution in [2.75, 3.05) is 0 Å². The lowest BCUT2D eigenvalue weighted by Crippen LogP contribution is -2.74. The number of carbonyl (C=O) groups is 1. The van der Waals surface area contributed by atoms with E-state index in [1.54, 1.807) is 42.3 Å². The first-order chi connectivity index (χ1) is 12.6. The van der Waals surface area contributed by atoms with Gasteiger partial charge in [-0.3, -0.25) is 9.48 Å². The fraction of sp³-hybridized carbons (Fsp3) is 0.450. The Morgan fingerprint density at radius 2 is 2.00 bits per heavy atom. The molecule has 142 valence electrons. The Balaban J connectivity index is 1.76. The molecule has 0 unspecified atom stereocenters. The minimum absolute atomic E-state index is 0.0726. The summed E-state index contributed by atoms with van der Waals surface area (Å²) in [6.45, 7) is 8.29. The second-order valence-electron chi connectivity index (χ2n) is 8.20. The Morgan fingerprint density at radius 1 is 1.33 bits per heavy atom. The monoisotopic (exact) mass is 386 g/mol. The zero-order chi connectivity index (χ0) is 20.0. The van der Waals surface area contributed by atoms with Crippen molar-refractivity contribution in [3.63, 3.8) is 0 Å². The van der Waals surface area contributed by atoms with E-state index in [1.807, 2.05) is 6.07 Å².